The molecule has 384 valence electrons. The Balaban J connectivity index is 2.57. The first-order valence-electron chi connectivity index (χ1n) is 24.2. The minimum Gasteiger partial charge on any atom is -0.494 e. The Morgan fingerprint density at radius 1 is 0.582 bits per heavy atom. The normalized spacial score (nSPS) is 17.8. The number of aliphatic carboxylic acids is 4. The number of carboxylic acid groups (broad SMARTS) is 4. The van der Waals surface area contributed by atoms with Gasteiger partial charge in [-0.3, -0.25) is 38.8 Å². The van der Waals surface area contributed by atoms with E-state index in [0.29, 0.717) is 25.3 Å². The number of nitrogens with one attached hydrogen (secondary N) is 1. The van der Waals surface area contributed by atoms with Crippen LogP contribution in [-0.2, 0) is 30.3 Å². The van der Waals surface area contributed by atoms with Crippen molar-refractivity contribution in [2.45, 2.75) is 165 Å². The SMILES string of the molecule is CC(C)(C)OC(=O)NCCCCCCCOc1ccc(C[C@H]2CN(CC(=O)O)CCN(C(C(=O)O)(C(C)(C)C)C(C)(C)C)CCN(C(C(=O)O)(C(C)(C)C)C(C)(C)C)CCN2CC(=O)O)cc1. The molecule has 16 heteroatoms. The first-order chi connectivity index (χ1) is 30.6. The molecule has 0 aliphatic carbocycles. The van der Waals surface area contributed by atoms with Crippen molar-refractivity contribution >= 4 is 30.0 Å². The third-order valence-electron chi connectivity index (χ3n) is 13.2. The van der Waals surface area contributed by atoms with Crippen LogP contribution < -0.4 is 10.1 Å². The number of alkyl carbamates (subject to hydrolysis) is 1. The smallest absolute Gasteiger partial charge is 0.407 e. The van der Waals surface area contributed by atoms with Gasteiger partial charge in [0, 0.05) is 58.4 Å². The maximum absolute atomic E-state index is 14.0. The van der Waals surface area contributed by atoms with Crippen LogP contribution in [-0.4, -0.2) is 165 Å². The molecule has 0 unspecified atom stereocenters. The van der Waals surface area contributed by atoms with E-state index in [2.05, 4.69) is 5.32 Å². The molecule has 0 saturated carbocycles. The van der Waals surface area contributed by atoms with E-state index < -0.39 is 74.4 Å². The fourth-order valence-corrected chi connectivity index (χ4v) is 11.4. The Kier molecular flexibility index (Phi) is 21.2. The maximum Gasteiger partial charge on any atom is 0.407 e. The number of benzene rings is 1. The quantitative estimate of drug-likeness (QED) is 0.0843. The lowest BCUT2D eigenvalue weighted by Gasteiger charge is -2.59. The molecule has 1 aromatic rings. The highest BCUT2D eigenvalue weighted by molar-refractivity contribution is 5.82. The molecule has 67 heavy (non-hydrogen) atoms. The predicted molar refractivity (Wildman–Crippen MR) is 262 cm³/mol. The van der Waals surface area contributed by atoms with Crippen LogP contribution >= 0.6 is 0 Å². The molecule has 1 aliphatic rings. The van der Waals surface area contributed by atoms with Crippen molar-refractivity contribution < 1.29 is 53.9 Å². The molecule has 16 nitrogen and oxygen atoms in total. The van der Waals surface area contributed by atoms with Gasteiger partial charge in [-0.25, -0.2) is 4.79 Å². The summed E-state index contributed by atoms with van der Waals surface area (Å²) in [6.07, 6.45) is 4.59. The van der Waals surface area contributed by atoms with Crippen LogP contribution in [0.3, 0.4) is 0 Å². The van der Waals surface area contributed by atoms with Gasteiger partial charge in [0.15, 0.2) is 0 Å². The second-order valence-electron chi connectivity index (χ2n) is 23.5. The summed E-state index contributed by atoms with van der Waals surface area (Å²) < 4.78 is 11.3. The molecule has 0 radical (unpaired) electrons. The molecule has 1 saturated heterocycles. The van der Waals surface area contributed by atoms with Gasteiger partial charge >= 0.3 is 30.0 Å². The Labute approximate surface area is 402 Å². The molecule has 1 fully saturated rings. The standard InChI is InChI=1S/C51H89N5O11/c1-45(2,3)50(42(61)62,46(4,5)6)55-28-26-53(35-40(57)58)34-38(54(36-41(59)60)27-29-56(31-30-55)51(43(63)64,47(7,8)9)48(10,11)12)33-37-21-23-39(24-22-37)66-32-20-18-16-17-19-25-52-44(65)67-49(13,14)15/h21-24,38H,16-20,25-36H2,1-15H3,(H,52,65)(H,57,58)(H,59,60)(H,61,62)(H,63,64)/t38-/m0/s1. The number of hydrogen-bond donors (Lipinski definition) is 5. The molecular weight excluding hydrogens is 859 g/mol. The van der Waals surface area contributed by atoms with Crippen molar-refractivity contribution in [1.82, 2.24) is 24.9 Å². The minimum absolute atomic E-state index is 0.137. The first kappa shape index (κ1) is 59.1. The van der Waals surface area contributed by atoms with Gasteiger partial charge in [-0.1, -0.05) is 114 Å². The van der Waals surface area contributed by atoms with Crippen LogP contribution in [0.2, 0.25) is 0 Å². The third-order valence-corrected chi connectivity index (χ3v) is 13.2. The molecule has 1 aromatic carbocycles. The fraction of sp³-hybridized carbons (Fsp3) is 0.784. The Morgan fingerprint density at radius 3 is 1.45 bits per heavy atom. The number of ether oxygens (including phenoxy) is 2. The molecular formula is C51H89N5O11. The molecule has 0 spiro atoms. The number of rotatable bonds is 19. The van der Waals surface area contributed by atoms with Gasteiger partial charge in [0.2, 0.25) is 0 Å². The number of carboxylic acids is 4. The second kappa shape index (κ2) is 24.0. The summed E-state index contributed by atoms with van der Waals surface area (Å²) in [5.74, 6) is -3.50. The third kappa shape index (κ3) is 16.0. The van der Waals surface area contributed by atoms with Gasteiger partial charge in [0.1, 0.15) is 22.4 Å². The lowest BCUT2D eigenvalue weighted by Crippen LogP contribution is -2.73. The van der Waals surface area contributed by atoms with Crippen molar-refractivity contribution in [3.05, 3.63) is 29.8 Å². The summed E-state index contributed by atoms with van der Waals surface area (Å²) in [6.45, 7) is 29.7. The second-order valence-corrected chi connectivity index (χ2v) is 23.5. The molecule has 0 bridgehead atoms. The highest BCUT2D eigenvalue weighted by atomic mass is 16.6. The van der Waals surface area contributed by atoms with E-state index in [-0.39, 0.29) is 58.9 Å². The van der Waals surface area contributed by atoms with Gasteiger partial charge in [-0.05, 0) is 79.4 Å². The van der Waals surface area contributed by atoms with Gasteiger partial charge < -0.3 is 35.2 Å². The number of unbranched alkanes of at least 4 members (excludes halogenated alkanes) is 4. The van der Waals surface area contributed by atoms with E-state index in [1.54, 1.807) is 4.90 Å². The maximum atomic E-state index is 14.0. The van der Waals surface area contributed by atoms with Crippen LogP contribution in [0, 0.1) is 21.7 Å². The first-order valence-corrected chi connectivity index (χ1v) is 24.2. The summed E-state index contributed by atoms with van der Waals surface area (Å²) in [4.78, 5) is 72.4. The van der Waals surface area contributed by atoms with Gasteiger partial charge in [0.05, 0.1) is 19.7 Å². The summed E-state index contributed by atoms with van der Waals surface area (Å²) in [7, 11) is 0. The molecule has 1 aliphatic heterocycles. The molecule has 5 N–H and O–H groups in total. The summed E-state index contributed by atoms with van der Waals surface area (Å²) in [6, 6.07) is 7.08. The molecule has 1 heterocycles. The topological polar surface area (TPSA) is 210 Å². The van der Waals surface area contributed by atoms with Crippen LogP contribution in [0.15, 0.2) is 24.3 Å². The Bertz CT molecular complexity index is 1740. The summed E-state index contributed by atoms with van der Waals surface area (Å²) in [5.41, 5.74) is -6.01. The zero-order valence-corrected chi connectivity index (χ0v) is 43.8. The number of carbonyl (C=O) groups excluding carboxylic acids is 1. The van der Waals surface area contributed by atoms with E-state index in [4.69, 9.17) is 9.47 Å². The summed E-state index contributed by atoms with van der Waals surface area (Å²) in [5, 5.41) is 46.2. The lowest BCUT2D eigenvalue weighted by molar-refractivity contribution is -0.184. The van der Waals surface area contributed by atoms with E-state index in [9.17, 15) is 44.4 Å². The lowest BCUT2D eigenvalue weighted by atomic mass is 9.58. The largest absolute Gasteiger partial charge is 0.494 e. The minimum atomic E-state index is -1.50. The zero-order chi connectivity index (χ0) is 51.4. The Morgan fingerprint density at radius 2 is 1.01 bits per heavy atom. The molecule has 2 rings (SSSR count). The van der Waals surface area contributed by atoms with E-state index in [1.165, 1.54) is 0 Å². The Hall–Kier alpha value is -3.99. The predicted octanol–water partition coefficient (Wildman–Crippen LogP) is 7.67. The average molecular weight is 948 g/mol. The number of amides is 1. The molecule has 0 aromatic heterocycles. The van der Waals surface area contributed by atoms with E-state index >= 15 is 0 Å². The average Bonchev–Trinajstić information content (AvgIpc) is 3.12. The number of nitrogens with zero attached hydrogens (tertiary/aromatic N) is 4. The van der Waals surface area contributed by atoms with Crippen molar-refractivity contribution in [2.24, 2.45) is 21.7 Å². The van der Waals surface area contributed by atoms with Crippen molar-refractivity contribution in [3.63, 3.8) is 0 Å². The zero-order valence-electron chi connectivity index (χ0n) is 43.8. The summed E-state index contributed by atoms with van der Waals surface area (Å²) >= 11 is 0. The molecule has 1 atom stereocenters. The van der Waals surface area contributed by atoms with Gasteiger partial charge in [0.25, 0.3) is 0 Å². The van der Waals surface area contributed by atoms with Crippen molar-refractivity contribution in [3.8, 4) is 5.75 Å². The van der Waals surface area contributed by atoms with Gasteiger partial charge in [-0.2, -0.15) is 0 Å². The van der Waals surface area contributed by atoms with E-state index in [0.717, 1.165) is 37.7 Å². The highest BCUT2D eigenvalue weighted by Crippen LogP contribution is 2.51. The number of hydrogen-bond acceptors (Lipinski definition) is 11. The fourth-order valence-electron chi connectivity index (χ4n) is 11.4. The van der Waals surface area contributed by atoms with Crippen molar-refractivity contribution in [1.29, 1.82) is 0 Å². The van der Waals surface area contributed by atoms with Crippen LogP contribution in [0.5, 0.6) is 5.75 Å². The van der Waals surface area contributed by atoms with Crippen LogP contribution in [0.4, 0.5) is 4.79 Å². The molecule has 1 amide bonds. The highest BCUT2D eigenvalue weighted by Gasteiger charge is 2.63. The number of carbonyl (C=O) groups is 5. The van der Waals surface area contributed by atoms with Crippen LogP contribution in [0.25, 0.3) is 0 Å². The van der Waals surface area contributed by atoms with Crippen LogP contribution in [0.1, 0.15) is 142 Å². The van der Waals surface area contributed by atoms with Gasteiger partial charge in [-0.15, -0.1) is 0 Å². The van der Waals surface area contributed by atoms with Crippen molar-refractivity contribution in [2.75, 3.05) is 72.1 Å². The van der Waals surface area contributed by atoms with E-state index in [1.807, 2.05) is 143 Å². The monoisotopic (exact) mass is 948 g/mol.